The van der Waals surface area contributed by atoms with E-state index in [1.807, 2.05) is 38.1 Å². The van der Waals surface area contributed by atoms with Crippen molar-refractivity contribution >= 4 is 18.1 Å². The maximum absolute atomic E-state index is 10.2. The van der Waals surface area contributed by atoms with E-state index in [1.165, 1.54) is 0 Å². The molecule has 0 atom stereocenters. The van der Waals surface area contributed by atoms with Crippen LogP contribution in [0.4, 0.5) is 4.79 Å². The molecule has 0 saturated heterocycles. The van der Waals surface area contributed by atoms with Crippen LogP contribution in [0.2, 0.25) is 0 Å². The minimum Gasteiger partial charge on any atom is -0.481 e. The molecule has 0 saturated carbocycles. The maximum Gasteiger partial charge on any atom is 0.402 e. The molecule has 0 radical (unpaired) electrons. The highest BCUT2D eigenvalue weighted by atomic mass is 16.5. The fourth-order valence-corrected chi connectivity index (χ4v) is 1.10. The SMILES string of the molecule is C=Cc1ccc(COCCC(=O)O)cc1.CC.NC(=O)O. The third-order valence-corrected chi connectivity index (χ3v) is 1.94. The van der Waals surface area contributed by atoms with Crippen LogP contribution in [-0.4, -0.2) is 28.9 Å². The fraction of sp³-hybridized carbons (Fsp3) is 0.333. The van der Waals surface area contributed by atoms with Crippen molar-refractivity contribution in [2.45, 2.75) is 26.9 Å². The van der Waals surface area contributed by atoms with Gasteiger partial charge in [-0.15, -0.1) is 0 Å². The molecule has 0 aromatic heterocycles. The summed E-state index contributed by atoms with van der Waals surface area (Å²) in [5.74, 6) is -0.836. The molecule has 0 aliphatic carbocycles. The summed E-state index contributed by atoms with van der Waals surface area (Å²) in [7, 11) is 0. The zero-order valence-corrected chi connectivity index (χ0v) is 12.4. The number of rotatable bonds is 6. The molecule has 0 spiro atoms. The van der Waals surface area contributed by atoms with Gasteiger partial charge in [-0.05, 0) is 11.1 Å². The van der Waals surface area contributed by atoms with Crippen molar-refractivity contribution in [2.75, 3.05) is 6.61 Å². The number of amides is 1. The highest BCUT2D eigenvalue weighted by molar-refractivity contribution is 5.66. The van der Waals surface area contributed by atoms with E-state index < -0.39 is 12.1 Å². The van der Waals surface area contributed by atoms with Crippen LogP contribution in [0.25, 0.3) is 6.08 Å². The zero-order valence-electron chi connectivity index (χ0n) is 12.4. The van der Waals surface area contributed by atoms with E-state index in [4.69, 9.17) is 19.7 Å². The summed E-state index contributed by atoms with van der Waals surface area (Å²) in [5, 5.41) is 15.6. The highest BCUT2D eigenvalue weighted by Crippen LogP contribution is 2.06. The van der Waals surface area contributed by atoms with Gasteiger partial charge in [-0.3, -0.25) is 4.79 Å². The van der Waals surface area contributed by atoms with Gasteiger partial charge >= 0.3 is 12.1 Å². The molecule has 6 nitrogen and oxygen atoms in total. The Morgan fingerprint density at radius 1 is 1.24 bits per heavy atom. The molecule has 0 heterocycles. The van der Waals surface area contributed by atoms with Gasteiger partial charge in [0.05, 0.1) is 19.6 Å². The lowest BCUT2D eigenvalue weighted by atomic mass is 10.1. The predicted octanol–water partition coefficient (Wildman–Crippen LogP) is 2.97. The molecule has 21 heavy (non-hydrogen) atoms. The predicted molar refractivity (Wildman–Crippen MR) is 82.0 cm³/mol. The van der Waals surface area contributed by atoms with Crippen molar-refractivity contribution in [3.8, 4) is 0 Å². The first-order valence-corrected chi connectivity index (χ1v) is 6.45. The summed E-state index contributed by atoms with van der Waals surface area (Å²) in [6.07, 6.45) is 0.486. The monoisotopic (exact) mass is 297 g/mol. The van der Waals surface area contributed by atoms with Crippen molar-refractivity contribution < 1.29 is 24.5 Å². The standard InChI is InChI=1S/C12H14O3.C2H6.CH3NO2/c1-2-10-3-5-11(6-4-10)9-15-8-7-12(13)14;1-2;2-1(3)4/h2-6H,1,7-9H2,(H,13,14);1-2H3;2H2,(H,3,4). The Bertz CT molecular complexity index is 411. The molecular formula is C15H23NO5. The lowest BCUT2D eigenvalue weighted by Crippen LogP contribution is -2.03. The van der Waals surface area contributed by atoms with Gasteiger partial charge < -0.3 is 20.7 Å². The molecule has 118 valence electrons. The number of carboxylic acids is 1. The van der Waals surface area contributed by atoms with Gasteiger partial charge in [0.25, 0.3) is 0 Å². The van der Waals surface area contributed by atoms with Gasteiger partial charge in [0.2, 0.25) is 0 Å². The van der Waals surface area contributed by atoms with Gasteiger partial charge in [0, 0.05) is 0 Å². The average molecular weight is 297 g/mol. The van der Waals surface area contributed by atoms with Gasteiger partial charge in [0.15, 0.2) is 0 Å². The maximum atomic E-state index is 10.2. The number of ether oxygens (including phenoxy) is 1. The molecule has 1 aromatic carbocycles. The molecule has 1 amide bonds. The van der Waals surface area contributed by atoms with Crippen LogP contribution in [0.1, 0.15) is 31.4 Å². The number of carbonyl (C=O) groups is 2. The summed E-state index contributed by atoms with van der Waals surface area (Å²) in [6.45, 7) is 8.36. The largest absolute Gasteiger partial charge is 0.481 e. The van der Waals surface area contributed by atoms with E-state index in [0.717, 1.165) is 11.1 Å². The van der Waals surface area contributed by atoms with Crippen LogP contribution in [0, 0.1) is 0 Å². The van der Waals surface area contributed by atoms with Crippen LogP contribution in [-0.2, 0) is 16.1 Å². The van der Waals surface area contributed by atoms with E-state index in [2.05, 4.69) is 12.3 Å². The molecule has 1 aromatic rings. The topological polar surface area (TPSA) is 110 Å². The number of hydrogen-bond acceptors (Lipinski definition) is 3. The lowest BCUT2D eigenvalue weighted by molar-refractivity contribution is -0.138. The minimum atomic E-state index is -1.33. The van der Waals surface area contributed by atoms with E-state index in [0.29, 0.717) is 6.61 Å². The molecule has 4 N–H and O–H groups in total. The van der Waals surface area contributed by atoms with Crippen LogP contribution < -0.4 is 5.73 Å². The Morgan fingerprint density at radius 3 is 2.10 bits per heavy atom. The molecule has 1 rings (SSSR count). The molecule has 6 heteroatoms. The van der Waals surface area contributed by atoms with E-state index in [-0.39, 0.29) is 13.0 Å². The normalized spacial score (nSPS) is 8.48. The summed E-state index contributed by atoms with van der Waals surface area (Å²) in [5.41, 5.74) is 6.12. The zero-order chi connectivity index (χ0) is 16.7. The second-order valence-electron chi connectivity index (χ2n) is 3.48. The number of benzene rings is 1. The van der Waals surface area contributed by atoms with Crippen LogP contribution in [0.15, 0.2) is 30.8 Å². The van der Waals surface area contributed by atoms with Gasteiger partial charge in [-0.25, -0.2) is 4.79 Å². The summed E-state index contributed by atoms with van der Waals surface area (Å²) >= 11 is 0. The third kappa shape index (κ3) is 15.6. The number of primary amides is 1. The second-order valence-corrected chi connectivity index (χ2v) is 3.48. The van der Waals surface area contributed by atoms with Crippen molar-refractivity contribution in [1.82, 2.24) is 0 Å². The first kappa shape index (κ1) is 21.0. The van der Waals surface area contributed by atoms with Crippen molar-refractivity contribution in [3.63, 3.8) is 0 Å². The molecule has 0 bridgehead atoms. The minimum absolute atomic E-state index is 0.0464. The summed E-state index contributed by atoms with van der Waals surface area (Å²) in [6, 6.07) is 7.78. The Morgan fingerprint density at radius 2 is 1.71 bits per heavy atom. The molecule has 0 aliphatic rings. The van der Waals surface area contributed by atoms with Gasteiger partial charge in [0.1, 0.15) is 0 Å². The third-order valence-electron chi connectivity index (χ3n) is 1.94. The Hall–Kier alpha value is -2.34. The van der Waals surface area contributed by atoms with Crippen LogP contribution in [0.3, 0.4) is 0 Å². The Labute approximate surface area is 124 Å². The number of hydrogen-bond donors (Lipinski definition) is 3. The summed E-state index contributed by atoms with van der Waals surface area (Å²) < 4.78 is 5.20. The second kappa shape index (κ2) is 14.1. The van der Waals surface area contributed by atoms with Crippen LogP contribution >= 0.6 is 0 Å². The molecule has 0 fully saturated rings. The lowest BCUT2D eigenvalue weighted by Gasteiger charge is -2.03. The molecule has 0 unspecified atom stereocenters. The first-order chi connectivity index (χ1) is 9.95. The van der Waals surface area contributed by atoms with Crippen LogP contribution in [0.5, 0.6) is 0 Å². The number of carboxylic acid groups (broad SMARTS) is 2. The van der Waals surface area contributed by atoms with Gasteiger partial charge in [-0.1, -0.05) is 50.8 Å². The van der Waals surface area contributed by atoms with E-state index in [9.17, 15) is 4.79 Å². The van der Waals surface area contributed by atoms with Crippen molar-refractivity contribution in [2.24, 2.45) is 5.73 Å². The Kier molecular flexibility index (Phi) is 14.1. The highest BCUT2D eigenvalue weighted by Gasteiger charge is 1.97. The molecule has 0 aliphatic heterocycles. The van der Waals surface area contributed by atoms with E-state index >= 15 is 0 Å². The first-order valence-electron chi connectivity index (χ1n) is 6.45. The quantitative estimate of drug-likeness (QED) is 0.699. The fourth-order valence-electron chi connectivity index (χ4n) is 1.10. The van der Waals surface area contributed by atoms with Crippen molar-refractivity contribution in [3.05, 3.63) is 42.0 Å². The smallest absolute Gasteiger partial charge is 0.402 e. The number of aliphatic carboxylic acids is 1. The van der Waals surface area contributed by atoms with Crippen molar-refractivity contribution in [1.29, 1.82) is 0 Å². The van der Waals surface area contributed by atoms with Gasteiger partial charge in [-0.2, -0.15) is 0 Å². The number of nitrogens with two attached hydrogens (primary N) is 1. The molecular weight excluding hydrogens is 274 g/mol. The van der Waals surface area contributed by atoms with E-state index in [1.54, 1.807) is 6.08 Å². The Balaban J connectivity index is 0. The summed E-state index contributed by atoms with van der Waals surface area (Å²) in [4.78, 5) is 19.0. The average Bonchev–Trinajstić information content (AvgIpc) is 2.45.